The van der Waals surface area contributed by atoms with Crippen molar-refractivity contribution in [3.8, 4) is 0 Å². The number of hydrogen-bond acceptors (Lipinski definition) is 2. The van der Waals surface area contributed by atoms with Crippen LogP contribution in [0.4, 0.5) is 0 Å². The second-order valence-corrected chi connectivity index (χ2v) is 2.61. The first-order chi connectivity index (χ1) is 5.83. The lowest BCUT2D eigenvalue weighted by Crippen LogP contribution is -1.70. The van der Waals surface area contributed by atoms with E-state index in [-0.39, 0.29) is 0 Å². The highest BCUT2D eigenvalue weighted by Gasteiger charge is 1.85. The van der Waals surface area contributed by atoms with Crippen LogP contribution < -0.4 is 0 Å². The van der Waals surface area contributed by atoms with Crippen molar-refractivity contribution >= 4 is 23.9 Å². The van der Waals surface area contributed by atoms with Crippen LogP contribution in [-0.4, -0.2) is 11.4 Å². The van der Waals surface area contributed by atoms with E-state index >= 15 is 0 Å². The zero-order valence-electron chi connectivity index (χ0n) is 6.31. The van der Waals surface area contributed by atoms with Crippen LogP contribution in [0.15, 0.2) is 35.5 Å². The van der Waals surface area contributed by atoms with Crippen molar-refractivity contribution in [1.29, 1.82) is 0 Å². The third-order valence-corrected chi connectivity index (χ3v) is 1.56. The van der Waals surface area contributed by atoms with Crippen LogP contribution in [0.25, 0.3) is 6.08 Å². The average molecular weight is 182 g/mol. The van der Waals surface area contributed by atoms with E-state index < -0.39 is 0 Å². The first-order valence-corrected chi connectivity index (χ1v) is 3.80. The molecule has 2 nitrogen and oxygen atoms in total. The van der Waals surface area contributed by atoms with E-state index in [4.69, 9.17) is 16.8 Å². The standard InChI is InChI=1S/C9H8ClNO/c10-9-5-3-8(4-6-9)2-1-7-11-12/h1-7,12H/b2-1+,11-7+. The van der Waals surface area contributed by atoms with Crippen molar-refractivity contribution in [2.24, 2.45) is 5.16 Å². The SMILES string of the molecule is O/N=C/C=C/c1ccc(Cl)cc1. The van der Waals surface area contributed by atoms with Crippen molar-refractivity contribution in [3.63, 3.8) is 0 Å². The van der Waals surface area contributed by atoms with Crippen molar-refractivity contribution in [3.05, 3.63) is 40.9 Å². The molecule has 1 rings (SSSR count). The highest BCUT2D eigenvalue weighted by molar-refractivity contribution is 6.30. The van der Waals surface area contributed by atoms with Crippen molar-refractivity contribution in [2.75, 3.05) is 0 Å². The van der Waals surface area contributed by atoms with Crippen LogP contribution in [0.1, 0.15) is 5.56 Å². The molecular formula is C9H8ClNO. The molecule has 0 fully saturated rings. The van der Waals surface area contributed by atoms with E-state index in [0.29, 0.717) is 5.02 Å². The Kier molecular flexibility index (Phi) is 3.35. The normalized spacial score (nSPS) is 11.4. The van der Waals surface area contributed by atoms with Gasteiger partial charge in [-0.3, -0.25) is 0 Å². The molecule has 62 valence electrons. The summed E-state index contributed by atoms with van der Waals surface area (Å²) in [4.78, 5) is 0. The predicted octanol–water partition coefficient (Wildman–Crippen LogP) is 2.81. The van der Waals surface area contributed by atoms with Crippen molar-refractivity contribution < 1.29 is 5.21 Å². The molecule has 0 amide bonds. The van der Waals surface area contributed by atoms with Crippen LogP contribution in [0.3, 0.4) is 0 Å². The number of hydrogen-bond donors (Lipinski definition) is 1. The average Bonchev–Trinajstić information content (AvgIpc) is 2.09. The molecule has 1 aromatic rings. The minimum absolute atomic E-state index is 0.711. The molecule has 12 heavy (non-hydrogen) atoms. The lowest BCUT2D eigenvalue weighted by Gasteiger charge is -1.91. The molecule has 0 aliphatic heterocycles. The first kappa shape index (κ1) is 8.81. The van der Waals surface area contributed by atoms with Gasteiger partial charge in [0.25, 0.3) is 0 Å². The molecule has 0 saturated heterocycles. The summed E-state index contributed by atoms with van der Waals surface area (Å²) in [6.07, 6.45) is 4.76. The van der Waals surface area contributed by atoms with E-state index in [1.807, 2.05) is 18.2 Å². The number of nitrogens with zero attached hydrogens (tertiary/aromatic N) is 1. The van der Waals surface area contributed by atoms with Crippen molar-refractivity contribution in [1.82, 2.24) is 0 Å². The van der Waals surface area contributed by atoms with Gasteiger partial charge >= 0.3 is 0 Å². The Morgan fingerprint density at radius 3 is 2.50 bits per heavy atom. The van der Waals surface area contributed by atoms with Crippen LogP contribution >= 0.6 is 11.6 Å². The van der Waals surface area contributed by atoms with Gasteiger partial charge in [0.05, 0.1) is 6.21 Å². The summed E-state index contributed by atoms with van der Waals surface area (Å²) in [6.45, 7) is 0. The maximum atomic E-state index is 8.09. The lowest BCUT2D eigenvalue weighted by atomic mass is 10.2. The van der Waals surface area contributed by atoms with E-state index in [1.54, 1.807) is 18.2 Å². The fraction of sp³-hybridized carbons (Fsp3) is 0. The summed E-state index contributed by atoms with van der Waals surface area (Å²) in [6, 6.07) is 7.36. The second-order valence-electron chi connectivity index (χ2n) is 2.18. The Labute approximate surface area is 75.8 Å². The Bertz CT molecular complexity index is 290. The highest BCUT2D eigenvalue weighted by Crippen LogP contribution is 2.10. The molecule has 0 saturated carbocycles. The smallest absolute Gasteiger partial charge is 0.0661 e. The summed E-state index contributed by atoms with van der Waals surface area (Å²) in [5, 5.41) is 11.6. The quantitative estimate of drug-likeness (QED) is 0.425. The molecule has 0 unspecified atom stereocenters. The summed E-state index contributed by atoms with van der Waals surface area (Å²) in [5.74, 6) is 0. The number of benzene rings is 1. The fourth-order valence-electron chi connectivity index (χ4n) is 0.767. The highest BCUT2D eigenvalue weighted by atomic mass is 35.5. The minimum Gasteiger partial charge on any atom is -0.411 e. The van der Waals surface area contributed by atoms with Gasteiger partial charge in [-0.15, -0.1) is 0 Å². The molecule has 1 N–H and O–H groups in total. The maximum absolute atomic E-state index is 8.09. The largest absolute Gasteiger partial charge is 0.411 e. The van der Waals surface area contributed by atoms with Gasteiger partial charge in [0, 0.05) is 5.02 Å². The predicted molar refractivity (Wildman–Crippen MR) is 50.8 cm³/mol. The Morgan fingerprint density at radius 1 is 1.25 bits per heavy atom. The monoisotopic (exact) mass is 181 g/mol. The molecule has 3 heteroatoms. The van der Waals surface area contributed by atoms with Crippen LogP contribution in [0.5, 0.6) is 0 Å². The summed E-state index contributed by atoms with van der Waals surface area (Å²) < 4.78 is 0. The van der Waals surface area contributed by atoms with E-state index in [1.165, 1.54) is 6.21 Å². The number of halogens is 1. The molecule has 0 aliphatic carbocycles. The zero-order chi connectivity index (χ0) is 8.81. The van der Waals surface area contributed by atoms with E-state index in [0.717, 1.165) is 5.56 Å². The molecule has 0 radical (unpaired) electrons. The third kappa shape index (κ3) is 2.76. The van der Waals surface area contributed by atoms with Gasteiger partial charge in [-0.05, 0) is 23.8 Å². The minimum atomic E-state index is 0.711. The van der Waals surface area contributed by atoms with Crippen LogP contribution in [0, 0.1) is 0 Å². The number of allylic oxidation sites excluding steroid dienone is 1. The van der Waals surface area contributed by atoms with Gasteiger partial charge in [-0.25, -0.2) is 0 Å². The molecule has 0 atom stereocenters. The first-order valence-electron chi connectivity index (χ1n) is 3.42. The molecule has 0 bridgehead atoms. The number of oxime groups is 1. The molecule has 0 aromatic heterocycles. The fourth-order valence-corrected chi connectivity index (χ4v) is 0.893. The molecular weight excluding hydrogens is 174 g/mol. The Balaban J connectivity index is 2.70. The van der Waals surface area contributed by atoms with Gasteiger partial charge in [-0.2, -0.15) is 0 Å². The van der Waals surface area contributed by atoms with E-state index in [2.05, 4.69) is 5.16 Å². The Morgan fingerprint density at radius 2 is 1.92 bits per heavy atom. The van der Waals surface area contributed by atoms with Crippen LogP contribution in [-0.2, 0) is 0 Å². The summed E-state index contributed by atoms with van der Waals surface area (Å²) >= 11 is 5.68. The molecule has 0 spiro atoms. The van der Waals surface area contributed by atoms with Gasteiger partial charge in [-0.1, -0.05) is 35.0 Å². The van der Waals surface area contributed by atoms with E-state index in [9.17, 15) is 0 Å². The van der Waals surface area contributed by atoms with Crippen LogP contribution in [0.2, 0.25) is 5.02 Å². The third-order valence-electron chi connectivity index (χ3n) is 1.31. The molecule has 1 aromatic carbocycles. The van der Waals surface area contributed by atoms with Gasteiger partial charge in [0.2, 0.25) is 0 Å². The maximum Gasteiger partial charge on any atom is 0.0661 e. The lowest BCUT2D eigenvalue weighted by molar-refractivity contribution is 0.322. The zero-order valence-corrected chi connectivity index (χ0v) is 7.07. The topological polar surface area (TPSA) is 32.6 Å². The van der Waals surface area contributed by atoms with Gasteiger partial charge < -0.3 is 5.21 Å². The Hall–Kier alpha value is -1.28. The number of rotatable bonds is 2. The van der Waals surface area contributed by atoms with Crippen molar-refractivity contribution in [2.45, 2.75) is 0 Å². The second kappa shape index (κ2) is 4.57. The van der Waals surface area contributed by atoms with Gasteiger partial charge in [0.15, 0.2) is 0 Å². The summed E-state index contributed by atoms with van der Waals surface area (Å²) in [5.41, 5.74) is 1.01. The molecule has 0 heterocycles. The molecule has 0 aliphatic rings. The summed E-state index contributed by atoms with van der Waals surface area (Å²) in [7, 11) is 0. The van der Waals surface area contributed by atoms with Gasteiger partial charge in [0.1, 0.15) is 0 Å².